The van der Waals surface area contributed by atoms with Gasteiger partial charge in [-0.3, -0.25) is 4.79 Å². The highest BCUT2D eigenvalue weighted by molar-refractivity contribution is 7.10. The first-order valence-electron chi connectivity index (χ1n) is 5.20. The summed E-state index contributed by atoms with van der Waals surface area (Å²) in [5.41, 5.74) is 6.00. The molecule has 0 fully saturated rings. The van der Waals surface area contributed by atoms with Crippen LogP contribution in [0.15, 0.2) is 11.4 Å². The van der Waals surface area contributed by atoms with Crippen molar-refractivity contribution in [2.45, 2.75) is 31.7 Å². The molecule has 1 rings (SSSR count). The van der Waals surface area contributed by atoms with Gasteiger partial charge in [-0.15, -0.1) is 11.3 Å². The van der Waals surface area contributed by atoms with Crippen LogP contribution in [0, 0.1) is 0 Å². The Kier molecular flexibility index (Phi) is 5.80. The molecule has 0 bridgehead atoms. The third-order valence-electron chi connectivity index (χ3n) is 2.36. The smallest absolute Gasteiger partial charge is 0.305 e. The average Bonchev–Trinajstić information content (AvgIpc) is 2.70. The summed E-state index contributed by atoms with van der Waals surface area (Å²) in [5, 5.41) is 2.68. The van der Waals surface area contributed by atoms with E-state index >= 15 is 0 Å². The number of methoxy groups -OCH3 is 1. The third kappa shape index (κ3) is 4.12. The Labute approximate surface area is 105 Å². The Bertz CT molecular complexity index is 340. The fourth-order valence-electron chi connectivity index (χ4n) is 1.44. The standard InChI is InChI=1S/C11H16ClNO2S/c1-15-10(14)5-3-2-4-9(13)11-8(12)6-7-16-11/h6-7,9H,2-5,13H2,1H3. The minimum Gasteiger partial charge on any atom is -0.469 e. The molecular formula is C11H16ClNO2S. The number of rotatable bonds is 6. The van der Waals surface area contributed by atoms with Gasteiger partial charge in [0.1, 0.15) is 0 Å². The molecule has 0 spiro atoms. The number of halogens is 1. The maximum absolute atomic E-state index is 10.9. The first kappa shape index (κ1) is 13.5. The molecule has 1 aromatic heterocycles. The third-order valence-corrected chi connectivity index (χ3v) is 3.85. The van der Waals surface area contributed by atoms with Crippen LogP contribution in [0.4, 0.5) is 0 Å². The molecule has 2 N–H and O–H groups in total. The van der Waals surface area contributed by atoms with E-state index in [4.69, 9.17) is 17.3 Å². The highest BCUT2D eigenvalue weighted by Crippen LogP contribution is 2.29. The van der Waals surface area contributed by atoms with Crippen molar-refractivity contribution in [3.8, 4) is 0 Å². The molecule has 16 heavy (non-hydrogen) atoms. The molecule has 0 aliphatic heterocycles. The van der Waals surface area contributed by atoms with Gasteiger partial charge in [-0.2, -0.15) is 0 Å². The van der Waals surface area contributed by atoms with Gasteiger partial charge >= 0.3 is 5.97 Å². The van der Waals surface area contributed by atoms with Gasteiger partial charge in [0.25, 0.3) is 0 Å². The van der Waals surface area contributed by atoms with Crippen molar-refractivity contribution < 1.29 is 9.53 Å². The quantitative estimate of drug-likeness (QED) is 0.632. The van der Waals surface area contributed by atoms with Crippen molar-refractivity contribution >= 4 is 28.9 Å². The highest BCUT2D eigenvalue weighted by atomic mass is 35.5. The van der Waals surface area contributed by atoms with Crippen LogP contribution in [0.2, 0.25) is 5.02 Å². The molecule has 1 heterocycles. The van der Waals surface area contributed by atoms with Gasteiger partial charge in [0.15, 0.2) is 0 Å². The molecule has 0 aliphatic carbocycles. The second kappa shape index (κ2) is 6.89. The zero-order chi connectivity index (χ0) is 12.0. The molecule has 0 amide bonds. The van der Waals surface area contributed by atoms with Crippen molar-refractivity contribution in [3.63, 3.8) is 0 Å². The summed E-state index contributed by atoms with van der Waals surface area (Å²) in [6.45, 7) is 0. The first-order chi connectivity index (χ1) is 7.65. The second-order valence-corrected chi connectivity index (χ2v) is 4.92. The molecule has 1 aromatic rings. The number of thiophene rings is 1. The lowest BCUT2D eigenvalue weighted by Gasteiger charge is -2.09. The summed E-state index contributed by atoms with van der Waals surface area (Å²) in [6, 6.07) is 1.83. The lowest BCUT2D eigenvalue weighted by atomic mass is 10.1. The summed E-state index contributed by atoms with van der Waals surface area (Å²) in [5.74, 6) is -0.164. The number of hydrogen-bond donors (Lipinski definition) is 1. The van der Waals surface area contributed by atoms with E-state index in [2.05, 4.69) is 4.74 Å². The summed E-state index contributed by atoms with van der Waals surface area (Å²) in [7, 11) is 1.40. The van der Waals surface area contributed by atoms with Crippen molar-refractivity contribution in [1.29, 1.82) is 0 Å². The molecule has 1 unspecified atom stereocenters. The topological polar surface area (TPSA) is 52.3 Å². The number of carbonyl (C=O) groups is 1. The fraction of sp³-hybridized carbons (Fsp3) is 0.545. The number of unbranched alkanes of at least 4 members (excludes halogenated alkanes) is 1. The molecular weight excluding hydrogens is 246 g/mol. The molecule has 0 aromatic carbocycles. The van der Waals surface area contributed by atoms with E-state index in [1.807, 2.05) is 11.4 Å². The Morgan fingerprint density at radius 3 is 2.94 bits per heavy atom. The average molecular weight is 262 g/mol. The zero-order valence-electron chi connectivity index (χ0n) is 9.24. The van der Waals surface area contributed by atoms with Crippen LogP contribution in [0.5, 0.6) is 0 Å². The summed E-state index contributed by atoms with van der Waals surface area (Å²) < 4.78 is 4.56. The van der Waals surface area contributed by atoms with Crippen LogP contribution in [-0.2, 0) is 9.53 Å². The predicted octanol–water partition coefficient (Wildman–Crippen LogP) is 3.13. The van der Waals surface area contributed by atoms with Crippen molar-refractivity contribution in [2.75, 3.05) is 7.11 Å². The maximum Gasteiger partial charge on any atom is 0.305 e. The monoisotopic (exact) mass is 261 g/mol. The van der Waals surface area contributed by atoms with Gasteiger partial charge in [0, 0.05) is 17.3 Å². The van der Waals surface area contributed by atoms with Crippen LogP contribution in [-0.4, -0.2) is 13.1 Å². The minimum absolute atomic E-state index is 0.0230. The summed E-state index contributed by atoms with van der Waals surface area (Å²) in [4.78, 5) is 11.9. The van der Waals surface area contributed by atoms with Crippen LogP contribution < -0.4 is 5.73 Å². The van der Waals surface area contributed by atoms with Crippen molar-refractivity contribution in [2.24, 2.45) is 5.73 Å². The molecule has 0 radical (unpaired) electrons. The zero-order valence-corrected chi connectivity index (χ0v) is 10.8. The Hall–Kier alpha value is -0.580. The molecule has 0 saturated carbocycles. The number of esters is 1. The van der Waals surface area contributed by atoms with E-state index in [-0.39, 0.29) is 12.0 Å². The second-order valence-electron chi connectivity index (χ2n) is 3.56. The highest BCUT2D eigenvalue weighted by Gasteiger charge is 2.11. The van der Waals surface area contributed by atoms with E-state index in [0.29, 0.717) is 6.42 Å². The maximum atomic E-state index is 10.9. The molecule has 0 saturated heterocycles. The molecule has 1 atom stereocenters. The summed E-state index contributed by atoms with van der Waals surface area (Å²) >= 11 is 7.55. The molecule has 5 heteroatoms. The lowest BCUT2D eigenvalue weighted by molar-refractivity contribution is -0.140. The Balaban J connectivity index is 2.23. The van der Waals surface area contributed by atoms with E-state index in [0.717, 1.165) is 29.2 Å². The number of carbonyl (C=O) groups excluding carboxylic acids is 1. The summed E-state index contributed by atoms with van der Waals surface area (Å²) in [6.07, 6.45) is 3.02. The van der Waals surface area contributed by atoms with Gasteiger partial charge in [0.2, 0.25) is 0 Å². The van der Waals surface area contributed by atoms with Crippen molar-refractivity contribution in [3.05, 3.63) is 21.3 Å². The number of hydrogen-bond acceptors (Lipinski definition) is 4. The Morgan fingerprint density at radius 2 is 2.38 bits per heavy atom. The van der Waals surface area contributed by atoms with Crippen LogP contribution in [0.1, 0.15) is 36.6 Å². The van der Waals surface area contributed by atoms with Crippen molar-refractivity contribution in [1.82, 2.24) is 0 Å². The van der Waals surface area contributed by atoms with Crippen LogP contribution >= 0.6 is 22.9 Å². The van der Waals surface area contributed by atoms with E-state index in [9.17, 15) is 4.79 Å². The lowest BCUT2D eigenvalue weighted by Crippen LogP contribution is -2.09. The van der Waals surface area contributed by atoms with Crippen LogP contribution in [0.25, 0.3) is 0 Å². The minimum atomic E-state index is -0.164. The van der Waals surface area contributed by atoms with Gasteiger partial charge in [0.05, 0.1) is 12.1 Å². The largest absolute Gasteiger partial charge is 0.469 e. The number of nitrogens with two attached hydrogens (primary N) is 1. The van der Waals surface area contributed by atoms with Gasteiger partial charge < -0.3 is 10.5 Å². The van der Waals surface area contributed by atoms with Gasteiger partial charge in [-0.05, 0) is 24.3 Å². The van der Waals surface area contributed by atoms with Crippen LogP contribution in [0.3, 0.4) is 0 Å². The van der Waals surface area contributed by atoms with E-state index < -0.39 is 0 Å². The number of ether oxygens (including phenoxy) is 1. The molecule has 90 valence electrons. The fourth-order valence-corrected chi connectivity index (χ4v) is 2.67. The Morgan fingerprint density at radius 1 is 1.62 bits per heavy atom. The first-order valence-corrected chi connectivity index (χ1v) is 6.46. The SMILES string of the molecule is COC(=O)CCCCC(N)c1sccc1Cl. The van der Waals surface area contributed by atoms with E-state index in [1.165, 1.54) is 7.11 Å². The van der Waals surface area contributed by atoms with Gasteiger partial charge in [-0.25, -0.2) is 0 Å². The normalized spacial score (nSPS) is 12.4. The predicted molar refractivity (Wildman–Crippen MR) is 66.7 cm³/mol. The molecule has 0 aliphatic rings. The van der Waals surface area contributed by atoms with E-state index in [1.54, 1.807) is 11.3 Å². The van der Waals surface area contributed by atoms with Gasteiger partial charge in [-0.1, -0.05) is 18.0 Å². The molecule has 3 nitrogen and oxygen atoms in total.